The fourth-order valence-corrected chi connectivity index (χ4v) is 3.64. The van der Waals surface area contributed by atoms with Crippen molar-refractivity contribution in [3.05, 3.63) is 51.2 Å². The first-order chi connectivity index (χ1) is 11.7. The number of halogens is 1. The number of amides is 1. The van der Waals surface area contributed by atoms with E-state index in [4.69, 9.17) is 4.52 Å². The minimum absolute atomic E-state index is 0.0192. The zero-order valence-electron chi connectivity index (χ0n) is 12.7. The van der Waals surface area contributed by atoms with Crippen LogP contribution in [0, 0.1) is 0 Å². The van der Waals surface area contributed by atoms with Gasteiger partial charge in [-0.05, 0) is 53.0 Å². The van der Waals surface area contributed by atoms with E-state index in [0.717, 1.165) is 22.2 Å². The fraction of sp³-hybridized carbons (Fsp3) is 0.250. The Morgan fingerprint density at radius 3 is 2.83 bits per heavy atom. The first-order valence-electron chi connectivity index (χ1n) is 7.44. The maximum Gasteiger partial charge on any atom is 0.246 e. The van der Waals surface area contributed by atoms with E-state index in [2.05, 4.69) is 42.4 Å². The van der Waals surface area contributed by atoms with Gasteiger partial charge in [-0.2, -0.15) is 4.98 Å². The number of aryl methyl sites for hydroxylation is 1. The van der Waals surface area contributed by atoms with Crippen LogP contribution in [0.4, 0.5) is 0 Å². The standard InChI is InChI=1S/C16H15BrN4O2S/c17-13-5-4-12(24-13)2-1-3-14(22)19-10-15-20-16(21-23-15)11-6-8-18-9-7-11/h4-9H,1-3,10H2,(H,19,22). The van der Waals surface area contributed by atoms with Gasteiger partial charge in [0.05, 0.1) is 10.3 Å². The predicted octanol–water partition coefficient (Wildman–Crippen LogP) is 3.59. The van der Waals surface area contributed by atoms with E-state index in [9.17, 15) is 4.79 Å². The fourth-order valence-electron chi connectivity index (χ4n) is 2.12. The third-order valence-corrected chi connectivity index (χ3v) is 4.98. The molecular weight excluding hydrogens is 392 g/mol. The third-order valence-electron chi connectivity index (χ3n) is 3.30. The lowest BCUT2D eigenvalue weighted by atomic mass is 10.2. The molecule has 3 aromatic heterocycles. The van der Waals surface area contributed by atoms with Gasteiger partial charge >= 0.3 is 0 Å². The summed E-state index contributed by atoms with van der Waals surface area (Å²) in [7, 11) is 0. The zero-order chi connectivity index (χ0) is 16.8. The summed E-state index contributed by atoms with van der Waals surface area (Å²) in [4.78, 5) is 21.3. The maximum atomic E-state index is 11.9. The van der Waals surface area contributed by atoms with Gasteiger partial charge in [-0.15, -0.1) is 11.3 Å². The van der Waals surface area contributed by atoms with Crippen molar-refractivity contribution in [1.29, 1.82) is 0 Å². The number of carbonyl (C=O) groups excluding carboxylic acids is 1. The first kappa shape index (κ1) is 16.8. The number of rotatable bonds is 7. The molecule has 1 N–H and O–H groups in total. The molecule has 0 saturated heterocycles. The van der Waals surface area contributed by atoms with Crippen LogP contribution in [0.2, 0.25) is 0 Å². The molecule has 0 radical (unpaired) electrons. The number of carbonyl (C=O) groups is 1. The second-order valence-corrected chi connectivity index (χ2v) is 7.63. The van der Waals surface area contributed by atoms with Crippen LogP contribution in [0.3, 0.4) is 0 Å². The molecule has 3 rings (SSSR count). The average molecular weight is 407 g/mol. The molecule has 0 saturated carbocycles. The van der Waals surface area contributed by atoms with Crippen molar-refractivity contribution in [2.75, 3.05) is 0 Å². The molecule has 0 fully saturated rings. The number of pyridine rings is 1. The minimum Gasteiger partial charge on any atom is -0.347 e. The zero-order valence-corrected chi connectivity index (χ0v) is 15.1. The van der Waals surface area contributed by atoms with Crippen LogP contribution < -0.4 is 5.32 Å². The lowest BCUT2D eigenvalue weighted by Crippen LogP contribution is -2.22. The second kappa shape index (κ2) is 8.16. The lowest BCUT2D eigenvalue weighted by molar-refractivity contribution is -0.121. The molecule has 8 heteroatoms. The molecule has 0 aliphatic carbocycles. The summed E-state index contributed by atoms with van der Waals surface area (Å²) in [6, 6.07) is 7.70. The Morgan fingerprint density at radius 1 is 1.25 bits per heavy atom. The van der Waals surface area contributed by atoms with Crippen molar-refractivity contribution in [3.8, 4) is 11.4 Å². The van der Waals surface area contributed by atoms with Gasteiger partial charge < -0.3 is 9.84 Å². The molecule has 0 spiro atoms. The highest BCUT2D eigenvalue weighted by molar-refractivity contribution is 9.11. The molecular formula is C16H15BrN4O2S. The van der Waals surface area contributed by atoms with Crippen molar-refractivity contribution in [3.63, 3.8) is 0 Å². The van der Waals surface area contributed by atoms with E-state index in [1.54, 1.807) is 35.9 Å². The number of hydrogen-bond acceptors (Lipinski definition) is 6. The van der Waals surface area contributed by atoms with Crippen molar-refractivity contribution < 1.29 is 9.32 Å². The van der Waals surface area contributed by atoms with Crippen LogP contribution in [0.1, 0.15) is 23.6 Å². The van der Waals surface area contributed by atoms with Crippen LogP contribution in [-0.4, -0.2) is 21.0 Å². The summed E-state index contributed by atoms with van der Waals surface area (Å²) in [5.41, 5.74) is 0.827. The van der Waals surface area contributed by atoms with Gasteiger partial charge in [-0.3, -0.25) is 9.78 Å². The Hall–Kier alpha value is -2.06. The minimum atomic E-state index is -0.0192. The molecule has 1 amide bonds. The molecule has 124 valence electrons. The van der Waals surface area contributed by atoms with Gasteiger partial charge in [-0.25, -0.2) is 0 Å². The summed E-state index contributed by atoms with van der Waals surface area (Å²) in [6.45, 7) is 0.238. The third kappa shape index (κ3) is 4.72. The highest BCUT2D eigenvalue weighted by Gasteiger charge is 2.10. The molecule has 3 heterocycles. The van der Waals surface area contributed by atoms with Crippen molar-refractivity contribution >= 4 is 33.2 Å². The topological polar surface area (TPSA) is 80.9 Å². The van der Waals surface area contributed by atoms with E-state index >= 15 is 0 Å². The highest BCUT2D eigenvalue weighted by atomic mass is 79.9. The van der Waals surface area contributed by atoms with E-state index in [-0.39, 0.29) is 12.5 Å². The van der Waals surface area contributed by atoms with Crippen molar-refractivity contribution in [2.45, 2.75) is 25.8 Å². The van der Waals surface area contributed by atoms with E-state index < -0.39 is 0 Å². The van der Waals surface area contributed by atoms with E-state index in [1.807, 2.05) is 6.07 Å². The molecule has 0 atom stereocenters. The van der Waals surface area contributed by atoms with Gasteiger partial charge in [0.2, 0.25) is 17.6 Å². The molecule has 0 aliphatic heterocycles. The summed E-state index contributed by atoms with van der Waals surface area (Å²) in [5, 5.41) is 6.70. The van der Waals surface area contributed by atoms with Gasteiger partial charge in [0, 0.05) is 29.3 Å². The van der Waals surface area contributed by atoms with Crippen LogP contribution >= 0.6 is 27.3 Å². The molecule has 6 nitrogen and oxygen atoms in total. The maximum absolute atomic E-state index is 11.9. The number of thiophene rings is 1. The van der Waals surface area contributed by atoms with E-state index in [0.29, 0.717) is 18.1 Å². The Morgan fingerprint density at radius 2 is 2.08 bits per heavy atom. The van der Waals surface area contributed by atoms with Crippen LogP contribution in [-0.2, 0) is 17.8 Å². The molecule has 0 unspecified atom stereocenters. The Bertz CT molecular complexity index is 803. The number of nitrogens with zero attached hydrogens (tertiary/aromatic N) is 3. The smallest absolute Gasteiger partial charge is 0.246 e. The van der Waals surface area contributed by atoms with Crippen molar-refractivity contribution in [1.82, 2.24) is 20.4 Å². The highest BCUT2D eigenvalue weighted by Crippen LogP contribution is 2.23. The van der Waals surface area contributed by atoms with Crippen LogP contribution in [0.15, 0.2) is 45.0 Å². The SMILES string of the molecule is O=C(CCCc1ccc(Br)s1)NCc1nc(-c2ccncc2)no1. The first-order valence-corrected chi connectivity index (χ1v) is 9.05. The normalized spacial score (nSPS) is 10.7. The second-order valence-electron chi connectivity index (χ2n) is 5.08. The summed E-state index contributed by atoms with van der Waals surface area (Å²) < 4.78 is 6.26. The quantitative estimate of drug-likeness (QED) is 0.648. The molecule has 3 aromatic rings. The number of hydrogen-bond donors (Lipinski definition) is 1. The molecule has 0 aliphatic rings. The van der Waals surface area contributed by atoms with Gasteiger partial charge in [0.25, 0.3) is 0 Å². The largest absolute Gasteiger partial charge is 0.347 e. The predicted molar refractivity (Wildman–Crippen MR) is 94.3 cm³/mol. The van der Waals surface area contributed by atoms with E-state index in [1.165, 1.54) is 4.88 Å². The summed E-state index contributed by atoms with van der Waals surface area (Å²) >= 11 is 5.13. The Balaban J connectivity index is 1.42. The molecule has 0 aromatic carbocycles. The summed E-state index contributed by atoms with van der Waals surface area (Å²) in [5.74, 6) is 0.858. The van der Waals surface area contributed by atoms with Crippen LogP contribution in [0.5, 0.6) is 0 Å². The van der Waals surface area contributed by atoms with Gasteiger partial charge in [0.1, 0.15) is 0 Å². The Kier molecular flexibility index (Phi) is 5.71. The lowest BCUT2D eigenvalue weighted by Gasteiger charge is -2.01. The summed E-state index contributed by atoms with van der Waals surface area (Å²) in [6.07, 6.45) is 5.51. The molecule has 0 bridgehead atoms. The monoisotopic (exact) mass is 406 g/mol. The number of nitrogens with one attached hydrogen (secondary N) is 1. The van der Waals surface area contributed by atoms with Crippen LogP contribution in [0.25, 0.3) is 11.4 Å². The number of aromatic nitrogens is 3. The average Bonchev–Trinajstić information content (AvgIpc) is 3.23. The van der Waals surface area contributed by atoms with Gasteiger partial charge in [0.15, 0.2) is 0 Å². The Labute approximate surface area is 151 Å². The van der Waals surface area contributed by atoms with Crippen molar-refractivity contribution in [2.24, 2.45) is 0 Å². The van der Waals surface area contributed by atoms with Gasteiger partial charge in [-0.1, -0.05) is 5.16 Å². The molecule has 24 heavy (non-hydrogen) atoms.